The van der Waals surface area contributed by atoms with Crippen molar-refractivity contribution in [2.75, 3.05) is 13.1 Å². The summed E-state index contributed by atoms with van der Waals surface area (Å²) in [6.07, 6.45) is 9.57. The molecule has 1 N–H and O–H groups in total. The van der Waals surface area contributed by atoms with Crippen LogP contribution in [0.25, 0.3) is 0 Å². The number of rotatable bonds is 5. The molecule has 1 saturated carbocycles. The van der Waals surface area contributed by atoms with Crippen molar-refractivity contribution in [1.29, 1.82) is 0 Å². The Morgan fingerprint density at radius 1 is 1.17 bits per heavy atom. The van der Waals surface area contributed by atoms with E-state index in [1.807, 2.05) is 30.4 Å². The van der Waals surface area contributed by atoms with Crippen LogP contribution >= 0.6 is 0 Å². The smallest absolute Gasteiger partial charge is 0.255 e. The number of para-hydroxylation sites is 1. The first-order valence-electron chi connectivity index (χ1n) is 10.6. The lowest BCUT2D eigenvalue weighted by Crippen LogP contribution is -2.63. The molecule has 3 aliphatic rings. The number of fused-ring (bicyclic) bond motifs is 1. The van der Waals surface area contributed by atoms with Crippen LogP contribution in [0.3, 0.4) is 0 Å². The van der Waals surface area contributed by atoms with E-state index < -0.39 is 5.60 Å². The summed E-state index contributed by atoms with van der Waals surface area (Å²) in [7, 11) is 0. The molecular formula is C24H30N2O3. The van der Waals surface area contributed by atoms with Gasteiger partial charge < -0.3 is 15.0 Å². The molecular weight excluding hydrogens is 364 g/mol. The molecule has 2 amide bonds. The molecule has 0 aromatic heterocycles. The summed E-state index contributed by atoms with van der Waals surface area (Å²) >= 11 is 0. The van der Waals surface area contributed by atoms with Crippen LogP contribution in [0.2, 0.25) is 0 Å². The molecule has 5 heteroatoms. The molecule has 1 saturated heterocycles. The third-order valence-corrected chi connectivity index (χ3v) is 6.96. The van der Waals surface area contributed by atoms with Gasteiger partial charge in [-0.15, -0.1) is 13.2 Å². The summed E-state index contributed by atoms with van der Waals surface area (Å²) in [5.41, 5.74) is 0.0381. The van der Waals surface area contributed by atoms with E-state index in [0.29, 0.717) is 17.9 Å². The maximum Gasteiger partial charge on any atom is 0.255 e. The van der Waals surface area contributed by atoms with Crippen molar-refractivity contribution in [1.82, 2.24) is 10.2 Å². The first-order valence-corrected chi connectivity index (χ1v) is 10.6. The van der Waals surface area contributed by atoms with Crippen molar-refractivity contribution in [2.45, 2.75) is 56.1 Å². The number of ether oxygens (including phenoxy) is 1. The minimum atomic E-state index is -0.423. The number of likely N-dealkylation sites (tertiary alicyclic amines) is 1. The Hall–Kier alpha value is -2.56. The van der Waals surface area contributed by atoms with Gasteiger partial charge in [0.15, 0.2) is 0 Å². The van der Waals surface area contributed by atoms with Crippen LogP contribution in [0, 0.1) is 5.92 Å². The van der Waals surface area contributed by atoms with Crippen LogP contribution < -0.4 is 10.1 Å². The average Bonchev–Trinajstić information content (AvgIpc) is 2.84. The zero-order valence-corrected chi connectivity index (χ0v) is 17.0. The largest absolute Gasteiger partial charge is 0.485 e. The summed E-state index contributed by atoms with van der Waals surface area (Å²) in [5, 5.41) is 3.02. The first kappa shape index (κ1) is 19.7. The van der Waals surface area contributed by atoms with E-state index in [1.54, 1.807) is 6.07 Å². The summed E-state index contributed by atoms with van der Waals surface area (Å²) in [6.45, 7) is 9.08. The van der Waals surface area contributed by atoms with Gasteiger partial charge in [-0.05, 0) is 57.1 Å². The first-order chi connectivity index (χ1) is 14.0. The molecule has 0 bridgehead atoms. The fourth-order valence-corrected chi connectivity index (χ4v) is 5.17. The maximum atomic E-state index is 13.3. The van der Waals surface area contributed by atoms with Gasteiger partial charge in [-0.25, -0.2) is 0 Å². The Morgan fingerprint density at radius 3 is 2.48 bits per heavy atom. The van der Waals surface area contributed by atoms with Gasteiger partial charge in [-0.3, -0.25) is 9.59 Å². The highest BCUT2D eigenvalue weighted by atomic mass is 16.5. The van der Waals surface area contributed by atoms with Crippen LogP contribution in [0.5, 0.6) is 5.75 Å². The molecule has 1 spiro atoms. The van der Waals surface area contributed by atoms with E-state index in [-0.39, 0.29) is 23.3 Å². The van der Waals surface area contributed by atoms with E-state index in [4.69, 9.17) is 4.74 Å². The molecule has 4 rings (SSSR count). The second kappa shape index (κ2) is 7.69. The van der Waals surface area contributed by atoms with Gasteiger partial charge in [-0.2, -0.15) is 0 Å². The van der Waals surface area contributed by atoms with E-state index >= 15 is 0 Å². The monoisotopic (exact) mass is 394 g/mol. The van der Waals surface area contributed by atoms with Gasteiger partial charge >= 0.3 is 0 Å². The number of amides is 2. The van der Waals surface area contributed by atoms with Gasteiger partial charge in [0.2, 0.25) is 5.91 Å². The van der Waals surface area contributed by atoms with Crippen molar-refractivity contribution in [3.05, 3.63) is 55.1 Å². The van der Waals surface area contributed by atoms with Crippen molar-refractivity contribution in [3.63, 3.8) is 0 Å². The molecule has 5 nitrogen and oxygen atoms in total. The van der Waals surface area contributed by atoms with E-state index in [2.05, 4.69) is 23.4 Å². The predicted octanol–water partition coefficient (Wildman–Crippen LogP) is 3.86. The highest BCUT2D eigenvalue weighted by molar-refractivity contribution is 5.97. The van der Waals surface area contributed by atoms with E-state index in [1.165, 1.54) is 0 Å². The number of hydrogen-bond acceptors (Lipinski definition) is 3. The number of carbonyl (C=O) groups is 2. The summed E-state index contributed by atoms with van der Waals surface area (Å²) in [6, 6.07) is 7.39. The Labute approximate surface area is 172 Å². The van der Waals surface area contributed by atoms with Crippen LogP contribution in [0.1, 0.15) is 55.3 Å². The van der Waals surface area contributed by atoms with Gasteiger partial charge in [0.05, 0.1) is 17.6 Å². The third kappa shape index (κ3) is 3.47. The van der Waals surface area contributed by atoms with Crippen LogP contribution in [0.4, 0.5) is 0 Å². The minimum absolute atomic E-state index is 0.0210. The zero-order chi connectivity index (χ0) is 20.5. The molecule has 154 valence electrons. The molecule has 2 fully saturated rings. The van der Waals surface area contributed by atoms with E-state index in [0.717, 1.165) is 51.5 Å². The molecule has 0 radical (unpaired) electrons. The Kier molecular flexibility index (Phi) is 5.24. The molecule has 1 aromatic carbocycles. The topological polar surface area (TPSA) is 58.6 Å². The van der Waals surface area contributed by atoms with Gasteiger partial charge in [0, 0.05) is 12.5 Å². The summed E-state index contributed by atoms with van der Waals surface area (Å²) in [5.74, 6) is 0.835. The highest BCUT2D eigenvalue weighted by Gasteiger charge is 2.49. The molecule has 0 unspecified atom stereocenters. The fourth-order valence-electron chi connectivity index (χ4n) is 5.17. The number of nitrogens with zero attached hydrogens (tertiary/aromatic N) is 1. The lowest BCUT2D eigenvalue weighted by molar-refractivity contribution is -0.154. The number of hydrogen-bond donors (Lipinski definition) is 1. The lowest BCUT2D eigenvalue weighted by Gasteiger charge is -2.54. The predicted molar refractivity (Wildman–Crippen MR) is 113 cm³/mol. The Bertz CT molecular complexity index is 813. The quantitative estimate of drug-likeness (QED) is 0.772. The fraction of sp³-hybridized carbons (Fsp3) is 0.500. The van der Waals surface area contributed by atoms with Crippen LogP contribution in [-0.4, -0.2) is 40.9 Å². The summed E-state index contributed by atoms with van der Waals surface area (Å²) in [4.78, 5) is 27.7. The minimum Gasteiger partial charge on any atom is -0.485 e. The number of nitrogens with one attached hydrogen (secondary N) is 1. The normalized spacial score (nSPS) is 27.7. The molecule has 1 aromatic rings. The SMILES string of the molecule is C=CCC1(CC=C)CCN1C(=O)C1CCC2(CC1)CNC(=O)c1ccccc1O2. The number of carbonyl (C=O) groups excluding carboxylic acids is 2. The van der Waals surface area contributed by atoms with Gasteiger partial charge in [0.1, 0.15) is 11.4 Å². The van der Waals surface area contributed by atoms with Crippen molar-refractivity contribution in [2.24, 2.45) is 5.92 Å². The molecule has 29 heavy (non-hydrogen) atoms. The number of benzene rings is 1. The molecule has 2 heterocycles. The van der Waals surface area contributed by atoms with Crippen molar-refractivity contribution >= 4 is 11.8 Å². The second-order valence-corrected chi connectivity index (χ2v) is 8.69. The zero-order valence-electron chi connectivity index (χ0n) is 17.0. The standard InChI is InChI=1S/C24H30N2O3/c1-3-11-23(12-4-2)15-16-26(23)22(28)18-9-13-24(14-10-18)17-25-21(27)19-7-5-6-8-20(19)29-24/h3-8,18H,1-2,9-17H2,(H,25,27). The van der Waals surface area contributed by atoms with Crippen molar-refractivity contribution < 1.29 is 14.3 Å². The third-order valence-electron chi connectivity index (χ3n) is 6.96. The second-order valence-electron chi connectivity index (χ2n) is 8.69. The van der Waals surface area contributed by atoms with Gasteiger partial charge in [-0.1, -0.05) is 24.3 Å². The van der Waals surface area contributed by atoms with Crippen LogP contribution in [0.15, 0.2) is 49.6 Å². The molecule has 0 atom stereocenters. The Balaban J connectivity index is 1.44. The maximum absolute atomic E-state index is 13.3. The molecule has 2 aliphatic heterocycles. The molecule has 1 aliphatic carbocycles. The van der Waals surface area contributed by atoms with Crippen LogP contribution in [-0.2, 0) is 4.79 Å². The van der Waals surface area contributed by atoms with E-state index in [9.17, 15) is 9.59 Å². The highest BCUT2D eigenvalue weighted by Crippen LogP contribution is 2.43. The lowest BCUT2D eigenvalue weighted by atomic mass is 9.74. The summed E-state index contributed by atoms with van der Waals surface area (Å²) < 4.78 is 6.37. The average molecular weight is 395 g/mol. The Morgan fingerprint density at radius 2 is 1.86 bits per heavy atom. The van der Waals surface area contributed by atoms with Crippen molar-refractivity contribution in [3.8, 4) is 5.75 Å². The van der Waals surface area contributed by atoms with Gasteiger partial charge in [0.25, 0.3) is 5.91 Å².